The van der Waals surface area contributed by atoms with Crippen LogP contribution in [0, 0.1) is 5.82 Å². The van der Waals surface area contributed by atoms with Gasteiger partial charge in [0.05, 0.1) is 30.5 Å². The summed E-state index contributed by atoms with van der Waals surface area (Å²) in [6.45, 7) is 1.93. The maximum Gasteiger partial charge on any atom is 0.339 e. The van der Waals surface area contributed by atoms with Crippen molar-refractivity contribution in [3.05, 3.63) is 65.5 Å². The second kappa shape index (κ2) is 8.62. The number of ether oxygens (including phenoxy) is 1. The van der Waals surface area contributed by atoms with E-state index in [1.165, 1.54) is 30.0 Å². The van der Waals surface area contributed by atoms with Gasteiger partial charge in [0.15, 0.2) is 0 Å². The zero-order chi connectivity index (χ0) is 22.8. The van der Waals surface area contributed by atoms with E-state index in [2.05, 4.69) is 15.7 Å². The molecule has 0 spiro atoms. The second-order valence-electron chi connectivity index (χ2n) is 7.28. The van der Waals surface area contributed by atoms with Crippen LogP contribution in [0.4, 0.5) is 15.9 Å². The van der Waals surface area contributed by atoms with E-state index in [0.717, 1.165) is 11.1 Å². The molecule has 2 aromatic carbocycles. The lowest BCUT2D eigenvalue weighted by atomic mass is 10.1. The number of hydrogen-bond donors (Lipinski definition) is 2. The number of anilines is 2. The number of aromatic nitrogens is 2. The van der Waals surface area contributed by atoms with Gasteiger partial charge in [-0.1, -0.05) is 19.1 Å². The third kappa shape index (κ3) is 3.84. The fraction of sp³-hybridized carbons (Fsp3) is 0.217. The normalized spacial score (nSPS) is 14.6. The van der Waals surface area contributed by atoms with Crippen LogP contribution in [0.2, 0.25) is 0 Å². The third-order valence-corrected chi connectivity index (χ3v) is 5.30. The molecule has 0 unspecified atom stereocenters. The SMILES string of the molecule is CCc1c(-c2ccc(F)cc2)nn2c1NC(=O)[C@@H]2CC(=O)Nc1ccccc1C(=O)OC. The highest BCUT2D eigenvalue weighted by Crippen LogP contribution is 2.36. The van der Waals surface area contributed by atoms with Gasteiger partial charge in [0.25, 0.3) is 5.91 Å². The number of fused-ring (bicyclic) bond motifs is 1. The number of hydrogen-bond acceptors (Lipinski definition) is 5. The fourth-order valence-electron chi connectivity index (χ4n) is 3.75. The van der Waals surface area contributed by atoms with E-state index < -0.39 is 17.9 Å². The van der Waals surface area contributed by atoms with Crippen LogP contribution in [0.25, 0.3) is 11.3 Å². The molecule has 8 nitrogen and oxygen atoms in total. The minimum Gasteiger partial charge on any atom is -0.465 e. The van der Waals surface area contributed by atoms with Crippen molar-refractivity contribution in [2.45, 2.75) is 25.8 Å². The van der Waals surface area contributed by atoms with Crippen molar-refractivity contribution in [2.24, 2.45) is 0 Å². The molecule has 1 aromatic heterocycles. The van der Waals surface area contributed by atoms with Crippen molar-refractivity contribution in [2.75, 3.05) is 17.7 Å². The first-order chi connectivity index (χ1) is 15.4. The van der Waals surface area contributed by atoms with E-state index in [0.29, 0.717) is 23.6 Å². The minimum atomic E-state index is -0.852. The summed E-state index contributed by atoms with van der Waals surface area (Å²) in [5.74, 6) is -1.20. The van der Waals surface area contributed by atoms with Crippen molar-refractivity contribution in [1.82, 2.24) is 9.78 Å². The summed E-state index contributed by atoms with van der Waals surface area (Å²) in [4.78, 5) is 37.2. The summed E-state index contributed by atoms with van der Waals surface area (Å²) < 4.78 is 19.6. The molecule has 2 heterocycles. The Morgan fingerprint density at radius 3 is 2.59 bits per heavy atom. The Balaban J connectivity index is 1.59. The number of nitrogens with zero attached hydrogens (tertiary/aromatic N) is 2. The average Bonchev–Trinajstić information content (AvgIpc) is 3.29. The van der Waals surface area contributed by atoms with E-state index in [1.807, 2.05) is 6.92 Å². The van der Waals surface area contributed by atoms with E-state index in [9.17, 15) is 18.8 Å². The average molecular weight is 436 g/mol. The van der Waals surface area contributed by atoms with Gasteiger partial charge in [0, 0.05) is 11.1 Å². The van der Waals surface area contributed by atoms with Gasteiger partial charge >= 0.3 is 5.97 Å². The summed E-state index contributed by atoms with van der Waals surface area (Å²) in [6, 6.07) is 11.6. The number of nitrogens with one attached hydrogen (secondary N) is 2. The summed E-state index contributed by atoms with van der Waals surface area (Å²) in [7, 11) is 1.26. The predicted octanol–water partition coefficient (Wildman–Crippen LogP) is 3.56. The van der Waals surface area contributed by atoms with E-state index in [1.54, 1.807) is 30.3 Å². The Kier molecular flexibility index (Phi) is 5.72. The predicted molar refractivity (Wildman–Crippen MR) is 116 cm³/mol. The molecule has 0 fully saturated rings. The molecule has 0 saturated heterocycles. The van der Waals surface area contributed by atoms with Crippen LogP contribution in [-0.4, -0.2) is 34.7 Å². The van der Waals surface area contributed by atoms with Crippen molar-refractivity contribution < 1.29 is 23.5 Å². The molecule has 4 rings (SSSR count). The molecule has 1 aliphatic heterocycles. The highest BCUT2D eigenvalue weighted by Gasteiger charge is 2.36. The van der Waals surface area contributed by atoms with E-state index >= 15 is 0 Å². The smallest absolute Gasteiger partial charge is 0.339 e. The maximum absolute atomic E-state index is 13.3. The highest BCUT2D eigenvalue weighted by molar-refractivity contribution is 6.05. The molecule has 0 radical (unpaired) electrons. The third-order valence-electron chi connectivity index (χ3n) is 5.30. The van der Waals surface area contributed by atoms with Crippen LogP contribution < -0.4 is 10.6 Å². The first-order valence-corrected chi connectivity index (χ1v) is 10.1. The molecule has 0 aliphatic carbocycles. The Bertz CT molecular complexity index is 1200. The van der Waals surface area contributed by atoms with Crippen LogP contribution in [-0.2, 0) is 20.7 Å². The number of para-hydroxylation sites is 1. The lowest BCUT2D eigenvalue weighted by molar-refractivity contribution is -0.123. The number of amides is 2. The topological polar surface area (TPSA) is 102 Å². The van der Waals surface area contributed by atoms with Crippen LogP contribution in [0.1, 0.15) is 35.3 Å². The van der Waals surface area contributed by atoms with Crippen LogP contribution >= 0.6 is 0 Å². The first-order valence-electron chi connectivity index (χ1n) is 10.1. The molecule has 9 heteroatoms. The van der Waals surface area contributed by atoms with Gasteiger partial charge in [0.1, 0.15) is 17.7 Å². The van der Waals surface area contributed by atoms with Crippen LogP contribution in [0.3, 0.4) is 0 Å². The lowest BCUT2D eigenvalue weighted by Gasteiger charge is -2.12. The number of carbonyl (C=O) groups excluding carboxylic acids is 3. The monoisotopic (exact) mass is 436 g/mol. The largest absolute Gasteiger partial charge is 0.465 e. The van der Waals surface area contributed by atoms with E-state index in [4.69, 9.17) is 4.74 Å². The zero-order valence-corrected chi connectivity index (χ0v) is 17.5. The van der Waals surface area contributed by atoms with Gasteiger partial charge < -0.3 is 15.4 Å². The molecule has 1 aliphatic rings. The molecule has 32 heavy (non-hydrogen) atoms. The van der Waals surface area contributed by atoms with Crippen molar-refractivity contribution in [3.63, 3.8) is 0 Å². The van der Waals surface area contributed by atoms with Crippen molar-refractivity contribution in [3.8, 4) is 11.3 Å². The van der Waals surface area contributed by atoms with Crippen LogP contribution in [0.15, 0.2) is 48.5 Å². The first kappa shape index (κ1) is 21.2. The summed E-state index contributed by atoms with van der Waals surface area (Å²) in [5.41, 5.74) is 2.66. The molecule has 164 valence electrons. The molecule has 2 N–H and O–H groups in total. The summed E-state index contributed by atoms with van der Waals surface area (Å²) in [5, 5.41) is 10.1. The molecule has 0 saturated carbocycles. The molecular formula is C23H21FN4O4. The van der Waals surface area contributed by atoms with Gasteiger partial charge in [-0.25, -0.2) is 13.9 Å². The number of methoxy groups -OCH3 is 1. The Morgan fingerprint density at radius 2 is 1.91 bits per heavy atom. The maximum atomic E-state index is 13.3. The number of rotatable bonds is 6. The van der Waals surface area contributed by atoms with Gasteiger partial charge in [-0.3, -0.25) is 9.59 Å². The Hall–Kier alpha value is -4.01. The standard InChI is InChI=1S/C23H21FN4O4/c1-3-15-20(13-8-10-14(24)11-9-13)27-28-18(22(30)26-21(15)28)12-19(29)25-17-7-5-4-6-16(17)23(31)32-2/h4-11,18H,3,12H2,1-2H3,(H,25,29)(H,26,30)/t18-/m0/s1. The fourth-order valence-corrected chi connectivity index (χ4v) is 3.75. The number of esters is 1. The Labute approximate surface area is 183 Å². The lowest BCUT2D eigenvalue weighted by Crippen LogP contribution is -2.24. The Morgan fingerprint density at radius 1 is 1.19 bits per heavy atom. The summed E-state index contributed by atoms with van der Waals surface area (Å²) >= 11 is 0. The highest BCUT2D eigenvalue weighted by atomic mass is 19.1. The van der Waals surface area contributed by atoms with Gasteiger partial charge in [-0.05, 0) is 42.8 Å². The van der Waals surface area contributed by atoms with Crippen LogP contribution in [0.5, 0.6) is 0 Å². The number of benzene rings is 2. The van der Waals surface area contributed by atoms with Crippen molar-refractivity contribution >= 4 is 29.3 Å². The van der Waals surface area contributed by atoms with Crippen molar-refractivity contribution in [1.29, 1.82) is 0 Å². The molecular weight excluding hydrogens is 415 g/mol. The number of carbonyl (C=O) groups is 3. The second-order valence-corrected chi connectivity index (χ2v) is 7.28. The van der Waals surface area contributed by atoms with Gasteiger partial charge in [0.2, 0.25) is 5.91 Å². The summed E-state index contributed by atoms with van der Waals surface area (Å²) in [6.07, 6.45) is 0.412. The quantitative estimate of drug-likeness (QED) is 0.576. The van der Waals surface area contributed by atoms with Gasteiger partial charge in [-0.15, -0.1) is 0 Å². The molecule has 2 amide bonds. The van der Waals surface area contributed by atoms with E-state index in [-0.39, 0.29) is 23.7 Å². The minimum absolute atomic E-state index is 0.179. The molecule has 0 bridgehead atoms. The zero-order valence-electron chi connectivity index (χ0n) is 17.5. The van der Waals surface area contributed by atoms with Gasteiger partial charge in [-0.2, -0.15) is 5.10 Å². The number of halogens is 1. The molecule has 1 atom stereocenters. The molecule has 3 aromatic rings.